The van der Waals surface area contributed by atoms with Crippen molar-refractivity contribution in [3.05, 3.63) is 35.9 Å². The average Bonchev–Trinajstić information content (AvgIpc) is 2.94. The molecule has 1 fully saturated rings. The second kappa shape index (κ2) is 7.06. The fraction of sp³-hybridized carbons (Fsp3) is 0.438. The van der Waals surface area contributed by atoms with Gasteiger partial charge in [0.25, 0.3) is 5.91 Å². The first-order valence-corrected chi connectivity index (χ1v) is 7.23. The number of nitrogens with one attached hydrogen (secondary N) is 1. The van der Waals surface area contributed by atoms with Gasteiger partial charge in [-0.3, -0.25) is 9.59 Å². The van der Waals surface area contributed by atoms with Crippen LogP contribution in [0.4, 0.5) is 0 Å². The van der Waals surface area contributed by atoms with Gasteiger partial charge >= 0.3 is 5.97 Å². The molecule has 0 saturated carbocycles. The number of nitrogens with zero attached hydrogens (tertiary/aromatic N) is 1. The summed E-state index contributed by atoms with van der Waals surface area (Å²) in [6, 6.07) is 8.12. The zero-order valence-corrected chi connectivity index (χ0v) is 12.7. The first kappa shape index (κ1) is 16.0. The molecule has 6 heteroatoms. The zero-order chi connectivity index (χ0) is 16.1. The number of carbonyl (C=O) groups is 3. The van der Waals surface area contributed by atoms with Gasteiger partial charge in [-0.15, -0.1) is 0 Å². The molecule has 1 aliphatic rings. The highest BCUT2D eigenvalue weighted by Crippen LogP contribution is 2.23. The summed E-state index contributed by atoms with van der Waals surface area (Å²) in [6.45, 7) is 2.35. The maximum Gasteiger partial charge on any atom is 0.328 e. The molecule has 1 aromatic rings. The minimum absolute atomic E-state index is 0.131. The Balaban J connectivity index is 1.94. The van der Waals surface area contributed by atoms with Crippen molar-refractivity contribution in [1.82, 2.24) is 10.2 Å². The summed E-state index contributed by atoms with van der Waals surface area (Å²) >= 11 is 0. The van der Waals surface area contributed by atoms with Gasteiger partial charge in [-0.25, -0.2) is 4.79 Å². The van der Waals surface area contributed by atoms with E-state index in [9.17, 15) is 14.4 Å². The van der Waals surface area contributed by atoms with Crippen LogP contribution >= 0.6 is 0 Å². The first-order chi connectivity index (χ1) is 10.5. The summed E-state index contributed by atoms with van der Waals surface area (Å²) in [7, 11) is 1.31. The zero-order valence-electron chi connectivity index (χ0n) is 12.7. The molecule has 6 nitrogen and oxygen atoms in total. The van der Waals surface area contributed by atoms with Crippen molar-refractivity contribution < 1.29 is 19.1 Å². The molecule has 118 valence electrons. The summed E-state index contributed by atoms with van der Waals surface area (Å²) < 4.78 is 4.74. The second-order valence-electron chi connectivity index (χ2n) is 5.47. The quantitative estimate of drug-likeness (QED) is 0.836. The van der Waals surface area contributed by atoms with Crippen LogP contribution in [0.25, 0.3) is 0 Å². The number of benzene rings is 1. The van der Waals surface area contributed by atoms with Crippen LogP contribution in [0.3, 0.4) is 0 Å². The highest BCUT2D eigenvalue weighted by Gasteiger charge is 2.38. The summed E-state index contributed by atoms with van der Waals surface area (Å²) in [5.41, 5.74) is 0.495. The smallest absolute Gasteiger partial charge is 0.328 e. The fourth-order valence-electron chi connectivity index (χ4n) is 2.63. The van der Waals surface area contributed by atoms with Gasteiger partial charge < -0.3 is 15.0 Å². The minimum Gasteiger partial charge on any atom is -0.467 e. The molecule has 0 spiro atoms. The van der Waals surface area contributed by atoms with E-state index in [1.54, 1.807) is 24.3 Å². The predicted octanol–water partition coefficient (Wildman–Crippen LogP) is 0.826. The summed E-state index contributed by atoms with van der Waals surface area (Å²) in [5, 5.41) is 2.59. The number of likely N-dealkylation sites (tertiary alicyclic amines) is 1. The van der Waals surface area contributed by atoms with Crippen LogP contribution in [0.5, 0.6) is 0 Å². The summed E-state index contributed by atoms with van der Waals surface area (Å²) in [6.07, 6.45) is 0.588. The van der Waals surface area contributed by atoms with Gasteiger partial charge in [0.1, 0.15) is 6.04 Å². The highest BCUT2D eigenvalue weighted by molar-refractivity contribution is 5.97. The molecule has 2 amide bonds. The van der Waals surface area contributed by atoms with E-state index in [4.69, 9.17) is 4.74 Å². The van der Waals surface area contributed by atoms with Crippen molar-refractivity contribution in [3.63, 3.8) is 0 Å². The molecule has 2 unspecified atom stereocenters. The van der Waals surface area contributed by atoms with Crippen molar-refractivity contribution in [2.75, 3.05) is 20.2 Å². The lowest BCUT2D eigenvalue weighted by Gasteiger charge is -2.22. The second-order valence-corrected chi connectivity index (χ2v) is 5.47. The van der Waals surface area contributed by atoms with E-state index in [0.29, 0.717) is 18.5 Å². The number of amides is 2. The topological polar surface area (TPSA) is 75.7 Å². The van der Waals surface area contributed by atoms with Crippen molar-refractivity contribution in [2.24, 2.45) is 5.92 Å². The molecular weight excluding hydrogens is 284 g/mol. The Hall–Kier alpha value is -2.37. The van der Waals surface area contributed by atoms with Crippen molar-refractivity contribution in [3.8, 4) is 0 Å². The molecule has 1 aliphatic heterocycles. The Morgan fingerprint density at radius 1 is 1.27 bits per heavy atom. The molecule has 1 aromatic carbocycles. The molecule has 1 N–H and O–H groups in total. The molecule has 2 rings (SSSR count). The van der Waals surface area contributed by atoms with Gasteiger partial charge in [0, 0.05) is 12.1 Å². The normalized spacial score (nSPS) is 20.5. The number of rotatable bonds is 4. The van der Waals surface area contributed by atoms with Gasteiger partial charge in [-0.2, -0.15) is 0 Å². The number of hydrogen-bond acceptors (Lipinski definition) is 4. The van der Waals surface area contributed by atoms with Crippen molar-refractivity contribution in [1.29, 1.82) is 0 Å². The van der Waals surface area contributed by atoms with Gasteiger partial charge in [0.2, 0.25) is 5.91 Å². The van der Waals surface area contributed by atoms with Crippen LogP contribution in [0.1, 0.15) is 23.7 Å². The molecule has 1 heterocycles. The lowest BCUT2D eigenvalue weighted by Crippen LogP contribution is -2.45. The van der Waals surface area contributed by atoms with Crippen LogP contribution < -0.4 is 5.32 Å². The van der Waals surface area contributed by atoms with Crippen LogP contribution in [-0.2, 0) is 14.3 Å². The largest absolute Gasteiger partial charge is 0.467 e. The maximum atomic E-state index is 12.3. The average molecular weight is 304 g/mol. The number of methoxy groups -OCH3 is 1. The molecule has 22 heavy (non-hydrogen) atoms. The molecule has 1 saturated heterocycles. The van der Waals surface area contributed by atoms with Crippen LogP contribution in [0.15, 0.2) is 30.3 Å². The summed E-state index contributed by atoms with van der Waals surface area (Å²) in [5.74, 6) is -0.759. The van der Waals surface area contributed by atoms with E-state index in [1.807, 2.05) is 13.0 Å². The number of esters is 1. The number of hydrogen-bond donors (Lipinski definition) is 1. The molecule has 0 aliphatic carbocycles. The first-order valence-electron chi connectivity index (χ1n) is 7.23. The Kier molecular flexibility index (Phi) is 5.14. The van der Waals surface area contributed by atoms with Gasteiger partial charge in [-0.05, 0) is 24.5 Å². The third kappa shape index (κ3) is 3.63. The lowest BCUT2D eigenvalue weighted by molar-refractivity contribution is -0.150. The Morgan fingerprint density at radius 2 is 1.95 bits per heavy atom. The Bertz CT molecular complexity index is 559. The lowest BCUT2D eigenvalue weighted by atomic mass is 10.1. The number of ether oxygens (including phenoxy) is 1. The third-order valence-electron chi connectivity index (χ3n) is 3.74. The third-order valence-corrected chi connectivity index (χ3v) is 3.74. The van der Waals surface area contributed by atoms with Crippen molar-refractivity contribution >= 4 is 17.8 Å². The SMILES string of the molecule is COC(=O)C1CC(C)CN1C(=O)CNC(=O)c1ccccc1. The van der Waals surface area contributed by atoms with E-state index in [-0.39, 0.29) is 24.3 Å². The highest BCUT2D eigenvalue weighted by atomic mass is 16.5. The van der Waals surface area contributed by atoms with Gasteiger partial charge in [0.05, 0.1) is 13.7 Å². The van der Waals surface area contributed by atoms with Crippen molar-refractivity contribution in [2.45, 2.75) is 19.4 Å². The van der Waals surface area contributed by atoms with E-state index >= 15 is 0 Å². The summed E-state index contributed by atoms with van der Waals surface area (Å²) in [4.78, 5) is 37.4. The number of carbonyl (C=O) groups excluding carboxylic acids is 3. The fourth-order valence-corrected chi connectivity index (χ4v) is 2.63. The Morgan fingerprint density at radius 3 is 2.59 bits per heavy atom. The monoisotopic (exact) mass is 304 g/mol. The van der Waals surface area contributed by atoms with E-state index in [1.165, 1.54) is 12.0 Å². The van der Waals surface area contributed by atoms with Crippen LogP contribution in [0, 0.1) is 5.92 Å². The van der Waals surface area contributed by atoms with E-state index in [0.717, 1.165) is 0 Å². The molecular formula is C16H20N2O4. The maximum absolute atomic E-state index is 12.3. The molecule has 0 aromatic heterocycles. The van der Waals surface area contributed by atoms with Gasteiger partial charge in [0.15, 0.2) is 0 Å². The molecule has 2 atom stereocenters. The molecule has 0 bridgehead atoms. The Labute approximate surface area is 129 Å². The molecule has 0 radical (unpaired) electrons. The van der Waals surface area contributed by atoms with Crippen LogP contribution in [-0.4, -0.2) is 48.9 Å². The standard InChI is InChI=1S/C16H20N2O4/c1-11-8-13(16(21)22-2)18(10-11)14(19)9-17-15(20)12-6-4-3-5-7-12/h3-7,11,13H,8-10H2,1-2H3,(H,17,20). The van der Waals surface area contributed by atoms with E-state index < -0.39 is 12.0 Å². The van der Waals surface area contributed by atoms with E-state index in [2.05, 4.69) is 5.32 Å². The predicted molar refractivity (Wildman–Crippen MR) is 80.1 cm³/mol. The van der Waals surface area contributed by atoms with Crippen LogP contribution in [0.2, 0.25) is 0 Å². The van der Waals surface area contributed by atoms with Gasteiger partial charge in [-0.1, -0.05) is 25.1 Å². The minimum atomic E-state index is -0.555.